The summed E-state index contributed by atoms with van der Waals surface area (Å²) >= 11 is 0. The zero-order chi connectivity index (χ0) is 11.4. The highest BCUT2D eigenvalue weighted by atomic mass is 16.5. The van der Waals surface area contributed by atoms with E-state index in [9.17, 15) is 0 Å². The molecule has 1 atom stereocenters. The molecule has 0 aromatic carbocycles. The molecule has 0 spiro atoms. The first-order chi connectivity index (χ1) is 7.10. The topological polar surface area (TPSA) is 56.3 Å². The third-order valence-electron chi connectivity index (χ3n) is 2.28. The van der Waals surface area contributed by atoms with Gasteiger partial charge in [0.2, 0.25) is 0 Å². The van der Waals surface area contributed by atoms with Gasteiger partial charge < -0.3 is 15.4 Å². The second-order valence-electron chi connectivity index (χ2n) is 3.78. The number of aryl methyl sites for hydroxylation is 1. The summed E-state index contributed by atoms with van der Waals surface area (Å²) in [5.74, 6) is 0.770. The minimum atomic E-state index is -0.0719. The highest BCUT2D eigenvalue weighted by molar-refractivity contribution is 5.28. The van der Waals surface area contributed by atoms with Gasteiger partial charge in [0.05, 0.1) is 25.0 Å². The lowest BCUT2D eigenvalue weighted by Gasteiger charge is -2.18. The van der Waals surface area contributed by atoms with Crippen LogP contribution in [0.3, 0.4) is 0 Å². The molecule has 0 bridgehead atoms. The van der Waals surface area contributed by atoms with Crippen LogP contribution in [0.1, 0.15) is 18.7 Å². The number of likely N-dealkylation sites (N-methyl/N-ethyl adjacent to an activating group) is 1. The Hall–Kier alpha value is -1.07. The molecule has 0 saturated heterocycles. The van der Waals surface area contributed by atoms with Crippen molar-refractivity contribution in [2.24, 2.45) is 5.73 Å². The molecule has 1 aromatic heterocycles. The van der Waals surface area contributed by atoms with Crippen LogP contribution >= 0.6 is 0 Å². The van der Waals surface area contributed by atoms with E-state index < -0.39 is 0 Å². The van der Waals surface area contributed by atoms with Gasteiger partial charge in [0, 0.05) is 13.1 Å². The van der Waals surface area contributed by atoms with Gasteiger partial charge in [0.15, 0.2) is 5.75 Å². The summed E-state index contributed by atoms with van der Waals surface area (Å²) in [5, 5.41) is 4.23. The summed E-state index contributed by atoms with van der Waals surface area (Å²) in [4.78, 5) is 2.05. The van der Waals surface area contributed by atoms with Crippen LogP contribution < -0.4 is 10.5 Å². The molecule has 1 rings (SSSR count). The summed E-state index contributed by atoms with van der Waals surface area (Å²) in [6, 6.07) is -0.0719. The maximum absolute atomic E-state index is 6.11. The molecule has 0 saturated carbocycles. The molecule has 86 valence electrons. The maximum atomic E-state index is 6.11. The van der Waals surface area contributed by atoms with E-state index in [1.807, 2.05) is 25.7 Å². The summed E-state index contributed by atoms with van der Waals surface area (Å²) in [6.45, 7) is 3.63. The van der Waals surface area contributed by atoms with E-state index >= 15 is 0 Å². The highest BCUT2D eigenvalue weighted by Gasteiger charge is 2.18. The zero-order valence-corrected chi connectivity index (χ0v) is 9.90. The van der Waals surface area contributed by atoms with Crippen LogP contribution in [-0.4, -0.2) is 42.4 Å². The smallest absolute Gasteiger partial charge is 0.161 e. The number of methoxy groups -OCH3 is 1. The molecule has 1 aromatic rings. The molecule has 1 unspecified atom stereocenters. The molecule has 0 aliphatic carbocycles. The van der Waals surface area contributed by atoms with Crippen LogP contribution in [0, 0.1) is 0 Å². The van der Waals surface area contributed by atoms with Crippen molar-refractivity contribution >= 4 is 0 Å². The fourth-order valence-corrected chi connectivity index (χ4v) is 1.64. The maximum Gasteiger partial charge on any atom is 0.161 e. The SMILES string of the molecule is CCn1ncc(OC)c1C(N)CN(C)C. The van der Waals surface area contributed by atoms with E-state index in [2.05, 4.69) is 10.00 Å². The van der Waals surface area contributed by atoms with Gasteiger partial charge in [-0.1, -0.05) is 0 Å². The quantitative estimate of drug-likeness (QED) is 0.771. The van der Waals surface area contributed by atoms with Gasteiger partial charge in [-0.3, -0.25) is 4.68 Å². The van der Waals surface area contributed by atoms with Crippen molar-refractivity contribution in [1.29, 1.82) is 0 Å². The Labute approximate surface area is 90.8 Å². The lowest BCUT2D eigenvalue weighted by Crippen LogP contribution is -2.28. The molecule has 15 heavy (non-hydrogen) atoms. The van der Waals surface area contributed by atoms with Crippen molar-refractivity contribution in [3.05, 3.63) is 11.9 Å². The zero-order valence-electron chi connectivity index (χ0n) is 9.90. The van der Waals surface area contributed by atoms with Crippen LogP contribution in [-0.2, 0) is 6.54 Å². The van der Waals surface area contributed by atoms with Crippen molar-refractivity contribution in [2.45, 2.75) is 19.5 Å². The third-order valence-corrected chi connectivity index (χ3v) is 2.28. The Morgan fingerprint density at radius 2 is 2.27 bits per heavy atom. The van der Waals surface area contributed by atoms with Crippen molar-refractivity contribution in [3.63, 3.8) is 0 Å². The predicted molar refractivity (Wildman–Crippen MR) is 59.9 cm³/mol. The molecular formula is C10H20N4O. The van der Waals surface area contributed by atoms with E-state index in [0.29, 0.717) is 0 Å². The molecule has 2 N–H and O–H groups in total. The van der Waals surface area contributed by atoms with Crippen molar-refractivity contribution < 1.29 is 4.74 Å². The van der Waals surface area contributed by atoms with Crippen LogP contribution in [0.5, 0.6) is 5.75 Å². The molecule has 5 nitrogen and oxygen atoms in total. The molecule has 0 aliphatic heterocycles. The van der Waals surface area contributed by atoms with Crippen molar-refractivity contribution in [3.8, 4) is 5.75 Å². The lowest BCUT2D eigenvalue weighted by molar-refractivity contribution is 0.352. The van der Waals surface area contributed by atoms with Crippen LogP contribution in [0.4, 0.5) is 0 Å². The summed E-state index contributed by atoms with van der Waals surface area (Å²) in [7, 11) is 5.64. The second-order valence-corrected chi connectivity index (χ2v) is 3.78. The second kappa shape index (κ2) is 5.14. The Bertz CT molecular complexity index is 287. The monoisotopic (exact) mass is 212 g/mol. The van der Waals surface area contributed by atoms with Crippen LogP contribution in [0.15, 0.2) is 6.20 Å². The first-order valence-corrected chi connectivity index (χ1v) is 5.10. The summed E-state index contributed by atoms with van der Waals surface area (Å²) in [5.41, 5.74) is 7.08. The number of nitrogens with two attached hydrogens (primary N) is 1. The third kappa shape index (κ3) is 2.70. The molecule has 0 fully saturated rings. The van der Waals surface area contributed by atoms with Gasteiger partial charge >= 0.3 is 0 Å². The number of nitrogens with zero attached hydrogens (tertiary/aromatic N) is 3. The number of hydrogen-bond acceptors (Lipinski definition) is 4. The Kier molecular flexibility index (Phi) is 4.11. The van der Waals surface area contributed by atoms with Gasteiger partial charge in [0.25, 0.3) is 0 Å². The summed E-state index contributed by atoms with van der Waals surface area (Å²) < 4.78 is 7.13. The van der Waals surface area contributed by atoms with E-state index in [1.165, 1.54) is 0 Å². The number of rotatable bonds is 5. The minimum absolute atomic E-state index is 0.0719. The first-order valence-electron chi connectivity index (χ1n) is 5.10. The van der Waals surface area contributed by atoms with Gasteiger partial charge in [-0.2, -0.15) is 5.10 Å². The van der Waals surface area contributed by atoms with Crippen LogP contribution in [0.25, 0.3) is 0 Å². The van der Waals surface area contributed by atoms with Gasteiger partial charge in [-0.15, -0.1) is 0 Å². The van der Waals surface area contributed by atoms with E-state index in [1.54, 1.807) is 13.3 Å². The molecule has 0 radical (unpaired) electrons. The standard InChI is InChI=1S/C10H20N4O/c1-5-14-10(8(11)7-13(2)3)9(15-4)6-12-14/h6,8H,5,7,11H2,1-4H3. The number of aromatic nitrogens is 2. The Morgan fingerprint density at radius 1 is 1.60 bits per heavy atom. The largest absolute Gasteiger partial charge is 0.493 e. The highest BCUT2D eigenvalue weighted by Crippen LogP contribution is 2.23. The number of ether oxygens (including phenoxy) is 1. The van der Waals surface area contributed by atoms with Gasteiger partial charge in [-0.05, 0) is 21.0 Å². The van der Waals surface area contributed by atoms with Crippen molar-refractivity contribution in [1.82, 2.24) is 14.7 Å². The fraction of sp³-hybridized carbons (Fsp3) is 0.700. The molecule has 1 heterocycles. The van der Waals surface area contributed by atoms with E-state index in [4.69, 9.17) is 10.5 Å². The fourth-order valence-electron chi connectivity index (χ4n) is 1.64. The Balaban J connectivity index is 2.93. The van der Waals surface area contributed by atoms with Gasteiger partial charge in [-0.25, -0.2) is 0 Å². The normalized spacial score (nSPS) is 13.2. The number of hydrogen-bond donors (Lipinski definition) is 1. The average Bonchev–Trinajstić information content (AvgIpc) is 2.58. The molecular weight excluding hydrogens is 192 g/mol. The van der Waals surface area contributed by atoms with Gasteiger partial charge in [0.1, 0.15) is 0 Å². The molecule has 5 heteroatoms. The average molecular weight is 212 g/mol. The Morgan fingerprint density at radius 3 is 2.73 bits per heavy atom. The van der Waals surface area contributed by atoms with E-state index in [-0.39, 0.29) is 6.04 Å². The predicted octanol–water partition coefficient (Wildman–Crippen LogP) is 0.473. The molecule has 0 amide bonds. The molecule has 0 aliphatic rings. The van der Waals surface area contributed by atoms with E-state index in [0.717, 1.165) is 24.5 Å². The lowest BCUT2D eigenvalue weighted by atomic mass is 10.2. The minimum Gasteiger partial charge on any atom is -0.493 e. The van der Waals surface area contributed by atoms with Crippen LogP contribution in [0.2, 0.25) is 0 Å². The summed E-state index contributed by atoms with van der Waals surface area (Å²) in [6.07, 6.45) is 1.72. The first kappa shape index (κ1) is 12.0. The van der Waals surface area contributed by atoms with Crippen molar-refractivity contribution in [2.75, 3.05) is 27.7 Å².